The van der Waals surface area contributed by atoms with Crippen molar-refractivity contribution in [1.29, 1.82) is 0 Å². The number of rotatable bonds is 5. The summed E-state index contributed by atoms with van der Waals surface area (Å²) in [5, 5.41) is 11.8. The Balaban J connectivity index is 2.28. The SMILES string of the molecule is C/C(=C/CNCc1ccc(Br)s1)C(=O)O. The van der Waals surface area contributed by atoms with Crippen LogP contribution in [0, 0.1) is 0 Å². The molecule has 0 amide bonds. The third-order valence-electron chi connectivity index (χ3n) is 1.82. The van der Waals surface area contributed by atoms with Gasteiger partial charge < -0.3 is 10.4 Å². The summed E-state index contributed by atoms with van der Waals surface area (Å²) in [7, 11) is 0. The molecule has 0 atom stereocenters. The van der Waals surface area contributed by atoms with Crippen LogP contribution >= 0.6 is 27.3 Å². The zero-order valence-corrected chi connectivity index (χ0v) is 10.7. The Morgan fingerprint density at radius 2 is 2.40 bits per heavy atom. The van der Waals surface area contributed by atoms with E-state index in [0.29, 0.717) is 12.1 Å². The number of aliphatic carboxylic acids is 1. The monoisotopic (exact) mass is 289 g/mol. The van der Waals surface area contributed by atoms with Crippen LogP contribution in [0.2, 0.25) is 0 Å². The molecule has 0 aliphatic heterocycles. The van der Waals surface area contributed by atoms with Crippen molar-refractivity contribution < 1.29 is 9.90 Å². The van der Waals surface area contributed by atoms with Gasteiger partial charge in [-0.2, -0.15) is 0 Å². The highest BCUT2D eigenvalue weighted by Crippen LogP contribution is 2.21. The van der Waals surface area contributed by atoms with Gasteiger partial charge in [-0.15, -0.1) is 11.3 Å². The van der Waals surface area contributed by atoms with Gasteiger partial charge in [0.25, 0.3) is 0 Å². The standard InChI is InChI=1S/C10H12BrNO2S/c1-7(10(13)14)4-5-12-6-8-2-3-9(11)15-8/h2-4,12H,5-6H2,1H3,(H,13,14)/b7-4-. The summed E-state index contributed by atoms with van der Waals surface area (Å²) in [6, 6.07) is 4.04. The number of carbonyl (C=O) groups is 1. The van der Waals surface area contributed by atoms with E-state index in [1.165, 1.54) is 4.88 Å². The molecule has 0 saturated heterocycles. The molecule has 0 aliphatic carbocycles. The lowest BCUT2D eigenvalue weighted by Crippen LogP contribution is -2.13. The van der Waals surface area contributed by atoms with Gasteiger partial charge in [-0.1, -0.05) is 6.08 Å². The number of hydrogen-bond donors (Lipinski definition) is 2. The summed E-state index contributed by atoms with van der Waals surface area (Å²) in [6.07, 6.45) is 1.67. The van der Waals surface area contributed by atoms with Crippen LogP contribution in [0.15, 0.2) is 27.6 Å². The van der Waals surface area contributed by atoms with Crippen LogP contribution in [0.3, 0.4) is 0 Å². The molecule has 1 aromatic heterocycles. The van der Waals surface area contributed by atoms with Gasteiger partial charge in [-0.25, -0.2) is 4.79 Å². The minimum absolute atomic E-state index is 0.370. The fraction of sp³-hybridized carbons (Fsp3) is 0.300. The van der Waals surface area contributed by atoms with Crippen molar-refractivity contribution in [2.45, 2.75) is 13.5 Å². The Bertz CT molecular complexity index is 373. The van der Waals surface area contributed by atoms with Crippen molar-refractivity contribution in [3.8, 4) is 0 Å². The fourth-order valence-electron chi connectivity index (χ4n) is 0.955. The van der Waals surface area contributed by atoms with Crippen LogP contribution in [0.25, 0.3) is 0 Å². The Morgan fingerprint density at radius 1 is 1.67 bits per heavy atom. The summed E-state index contributed by atoms with van der Waals surface area (Å²) in [5.41, 5.74) is 0.370. The molecule has 1 rings (SSSR count). The summed E-state index contributed by atoms with van der Waals surface area (Å²) >= 11 is 5.05. The van der Waals surface area contributed by atoms with Gasteiger partial charge in [0.2, 0.25) is 0 Å². The normalized spacial score (nSPS) is 11.7. The molecular weight excluding hydrogens is 278 g/mol. The highest BCUT2D eigenvalue weighted by atomic mass is 79.9. The third-order valence-corrected chi connectivity index (χ3v) is 3.44. The van der Waals surface area contributed by atoms with Crippen molar-refractivity contribution in [2.75, 3.05) is 6.54 Å². The third kappa shape index (κ3) is 4.59. The minimum atomic E-state index is -0.865. The summed E-state index contributed by atoms with van der Waals surface area (Å²) < 4.78 is 1.11. The average molecular weight is 290 g/mol. The van der Waals surface area contributed by atoms with Crippen molar-refractivity contribution >= 4 is 33.2 Å². The largest absolute Gasteiger partial charge is 0.478 e. The molecule has 2 N–H and O–H groups in total. The van der Waals surface area contributed by atoms with Gasteiger partial charge in [0.05, 0.1) is 3.79 Å². The second-order valence-electron chi connectivity index (χ2n) is 3.03. The number of carboxylic acid groups (broad SMARTS) is 1. The second-order valence-corrected chi connectivity index (χ2v) is 5.58. The Hall–Kier alpha value is -0.650. The van der Waals surface area contributed by atoms with Gasteiger partial charge in [0.15, 0.2) is 0 Å². The maximum atomic E-state index is 10.5. The zero-order chi connectivity index (χ0) is 11.3. The average Bonchev–Trinajstić information content (AvgIpc) is 2.58. The maximum Gasteiger partial charge on any atom is 0.330 e. The zero-order valence-electron chi connectivity index (χ0n) is 8.29. The molecule has 0 saturated carbocycles. The Labute approximate surface area is 101 Å². The second kappa shape index (κ2) is 6.05. The number of thiophene rings is 1. The summed E-state index contributed by atoms with van der Waals surface area (Å²) in [4.78, 5) is 11.7. The molecule has 1 aromatic rings. The van der Waals surface area contributed by atoms with Crippen molar-refractivity contribution in [3.63, 3.8) is 0 Å². The molecule has 0 spiro atoms. The maximum absolute atomic E-state index is 10.5. The van der Waals surface area contributed by atoms with E-state index in [2.05, 4.69) is 21.2 Å². The lowest BCUT2D eigenvalue weighted by molar-refractivity contribution is -0.132. The lowest BCUT2D eigenvalue weighted by Gasteiger charge is -1.98. The van der Waals surface area contributed by atoms with E-state index in [1.807, 2.05) is 12.1 Å². The first kappa shape index (κ1) is 12.4. The molecule has 1 heterocycles. The summed E-state index contributed by atoms with van der Waals surface area (Å²) in [6.45, 7) is 2.93. The van der Waals surface area contributed by atoms with Crippen LogP contribution in [0.5, 0.6) is 0 Å². The van der Waals surface area contributed by atoms with E-state index in [4.69, 9.17) is 5.11 Å². The molecular formula is C10H12BrNO2S. The molecule has 0 unspecified atom stereocenters. The molecule has 0 fully saturated rings. The van der Waals surface area contributed by atoms with E-state index in [0.717, 1.165) is 10.3 Å². The molecule has 3 nitrogen and oxygen atoms in total. The Morgan fingerprint density at radius 3 is 2.93 bits per heavy atom. The molecule has 5 heteroatoms. The van der Waals surface area contributed by atoms with E-state index in [-0.39, 0.29) is 0 Å². The predicted molar refractivity (Wildman–Crippen MR) is 65.1 cm³/mol. The van der Waals surface area contributed by atoms with E-state index >= 15 is 0 Å². The highest BCUT2D eigenvalue weighted by Gasteiger charge is 1.98. The summed E-state index contributed by atoms with van der Waals surface area (Å²) in [5.74, 6) is -0.865. The minimum Gasteiger partial charge on any atom is -0.478 e. The number of carboxylic acids is 1. The first-order valence-corrected chi connectivity index (χ1v) is 6.05. The van der Waals surface area contributed by atoms with E-state index < -0.39 is 5.97 Å². The first-order valence-electron chi connectivity index (χ1n) is 4.44. The lowest BCUT2D eigenvalue weighted by atomic mass is 10.3. The van der Waals surface area contributed by atoms with Crippen LogP contribution in [-0.4, -0.2) is 17.6 Å². The van der Waals surface area contributed by atoms with Crippen molar-refractivity contribution in [3.05, 3.63) is 32.4 Å². The molecule has 82 valence electrons. The number of halogens is 1. The topological polar surface area (TPSA) is 49.3 Å². The van der Waals surface area contributed by atoms with Crippen LogP contribution < -0.4 is 5.32 Å². The van der Waals surface area contributed by atoms with Crippen LogP contribution in [0.1, 0.15) is 11.8 Å². The van der Waals surface area contributed by atoms with Gasteiger partial charge >= 0.3 is 5.97 Å². The molecule has 0 radical (unpaired) electrons. The van der Waals surface area contributed by atoms with Crippen molar-refractivity contribution in [1.82, 2.24) is 5.32 Å². The molecule has 0 bridgehead atoms. The van der Waals surface area contributed by atoms with Crippen LogP contribution in [0.4, 0.5) is 0 Å². The quantitative estimate of drug-likeness (QED) is 0.647. The van der Waals surface area contributed by atoms with Crippen molar-refractivity contribution in [2.24, 2.45) is 0 Å². The fourth-order valence-corrected chi connectivity index (χ4v) is 2.41. The van der Waals surface area contributed by atoms with Gasteiger partial charge in [-0.05, 0) is 35.0 Å². The van der Waals surface area contributed by atoms with Crippen LogP contribution in [-0.2, 0) is 11.3 Å². The smallest absolute Gasteiger partial charge is 0.330 e. The first-order chi connectivity index (χ1) is 7.09. The van der Waals surface area contributed by atoms with E-state index in [9.17, 15) is 4.79 Å². The molecule has 15 heavy (non-hydrogen) atoms. The number of hydrogen-bond acceptors (Lipinski definition) is 3. The molecule has 0 aliphatic rings. The number of nitrogens with one attached hydrogen (secondary N) is 1. The Kier molecular flexibility index (Phi) is 5.01. The van der Waals surface area contributed by atoms with E-state index in [1.54, 1.807) is 24.3 Å². The predicted octanol–water partition coefficient (Wildman–Crippen LogP) is 2.63. The van der Waals surface area contributed by atoms with Gasteiger partial charge in [-0.3, -0.25) is 0 Å². The van der Waals surface area contributed by atoms with Gasteiger partial charge in [0.1, 0.15) is 0 Å². The van der Waals surface area contributed by atoms with Gasteiger partial charge in [0, 0.05) is 23.5 Å². The highest BCUT2D eigenvalue weighted by molar-refractivity contribution is 9.11. The molecule has 0 aromatic carbocycles.